The van der Waals surface area contributed by atoms with E-state index < -0.39 is 0 Å². The molecular formula is C31H22N6O2S. The number of carbonyl (C=O) groups excluding carboxylic acids is 1. The number of carbonyl (C=O) groups is 1. The predicted molar refractivity (Wildman–Crippen MR) is 156 cm³/mol. The Hall–Kier alpha value is -5.15. The summed E-state index contributed by atoms with van der Waals surface area (Å²) in [4.78, 5) is 30.6. The van der Waals surface area contributed by atoms with E-state index in [0.717, 1.165) is 60.6 Å². The smallest absolute Gasteiger partial charge is 0.169 e. The number of Topliss-reactive ketones (excluding diaryl/α,β-unsaturated/α-hetero) is 1. The fourth-order valence-electron chi connectivity index (χ4n) is 4.69. The molecule has 0 saturated carbocycles. The van der Waals surface area contributed by atoms with E-state index in [1.54, 1.807) is 31.7 Å². The Kier molecular flexibility index (Phi) is 5.90. The number of ether oxygens (including phenoxy) is 1. The van der Waals surface area contributed by atoms with Crippen molar-refractivity contribution in [2.75, 3.05) is 0 Å². The van der Waals surface area contributed by atoms with Gasteiger partial charge in [0, 0.05) is 34.2 Å². The van der Waals surface area contributed by atoms with Gasteiger partial charge < -0.3 is 9.72 Å². The number of aromatic amines is 2. The monoisotopic (exact) mass is 542 g/mol. The molecule has 0 atom stereocenters. The molecule has 0 aliphatic heterocycles. The highest BCUT2D eigenvalue weighted by Gasteiger charge is 2.17. The number of benzene rings is 1. The molecule has 1 aromatic carbocycles. The van der Waals surface area contributed by atoms with Gasteiger partial charge in [-0.15, -0.1) is 11.3 Å². The zero-order chi connectivity index (χ0) is 27.1. The van der Waals surface area contributed by atoms with Gasteiger partial charge in [-0.2, -0.15) is 5.10 Å². The van der Waals surface area contributed by atoms with E-state index in [2.05, 4.69) is 36.2 Å². The van der Waals surface area contributed by atoms with Crippen LogP contribution in [0.1, 0.15) is 22.2 Å². The number of ketones is 1. The number of fused-ring (bicyclic) bond motifs is 2. The fraction of sp³-hybridized carbons (Fsp3) is 0.0645. The average Bonchev–Trinajstić information content (AvgIpc) is 3.74. The van der Waals surface area contributed by atoms with Crippen molar-refractivity contribution in [2.24, 2.45) is 0 Å². The number of nitrogens with one attached hydrogen (secondary N) is 2. The third-order valence-electron chi connectivity index (χ3n) is 6.69. The maximum Gasteiger partial charge on any atom is 0.169 e. The van der Waals surface area contributed by atoms with Crippen molar-refractivity contribution in [3.63, 3.8) is 0 Å². The van der Waals surface area contributed by atoms with Crippen LogP contribution in [0.2, 0.25) is 0 Å². The molecule has 9 heteroatoms. The van der Waals surface area contributed by atoms with Crippen LogP contribution in [0.3, 0.4) is 0 Å². The Morgan fingerprint density at radius 1 is 0.900 bits per heavy atom. The Morgan fingerprint density at radius 2 is 1.77 bits per heavy atom. The van der Waals surface area contributed by atoms with Crippen LogP contribution in [0.5, 0.6) is 5.75 Å². The summed E-state index contributed by atoms with van der Waals surface area (Å²) in [5, 5.41) is 9.60. The second kappa shape index (κ2) is 9.87. The first-order chi connectivity index (χ1) is 19.6. The molecule has 0 spiro atoms. The summed E-state index contributed by atoms with van der Waals surface area (Å²) in [6, 6.07) is 21.8. The molecule has 0 radical (unpaired) electrons. The molecule has 0 saturated heterocycles. The quantitative estimate of drug-likeness (QED) is 0.208. The first kappa shape index (κ1) is 23.9. The van der Waals surface area contributed by atoms with Crippen LogP contribution >= 0.6 is 11.3 Å². The molecular weight excluding hydrogens is 520 g/mol. The molecule has 7 rings (SSSR count). The van der Waals surface area contributed by atoms with Gasteiger partial charge in [-0.25, -0.2) is 0 Å². The van der Waals surface area contributed by atoms with Crippen molar-refractivity contribution in [2.45, 2.75) is 13.5 Å². The lowest BCUT2D eigenvalue weighted by Gasteiger charge is -2.08. The third kappa shape index (κ3) is 4.42. The standard InChI is InChI=1S/C31H22N6O2S/c1-18(38)28-7-8-29(40-28)31-22-13-26(35-24(22)9-10-33-31)30-23-12-25(34-16-27(23)36-37-30)20-11-21(15-32-14-20)39-17-19-5-3-2-4-6-19/h2-16,35H,17H2,1H3,(H,36,37). The molecule has 8 nitrogen and oxygen atoms in total. The van der Waals surface area contributed by atoms with Crippen molar-refractivity contribution in [3.05, 3.63) is 102 Å². The lowest BCUT2D eigenvalue weighted by Crippen LogP contribution is -1.96. The van der Waals surface area contributed by atoms with E-state index in [1.165, 1.54) is 11.3 Å². The first-order valence-corrected chi connectivity index (χ1v) is 13.5. The number of hydrogen-bond acceptors (Lipinski definition) is 7. The highest BCUT2D eigenvalue weighted by Crippen LogP contribution is 2.36. The van der Waals surface area contributed by atoms with Crippen LogP contribution in [-0.2, 0) is 6.61 Å². The summed E-state index contributed by atoms with van der Waals surface area (Å²) in [7, 11) is 0. The molecule has 0 bridgehead atoms. The summed E-state index contributed by atoms with van der Waals surface area (Å²) in [5.74, 6) is 0.724. The van der Waals surface area contributed by atoms with Gasteiger partial charge in [0.05, 0.1) is 44.7 Å². The van der Waals surface area contributed by atoms with Crippen LogP contribution in [0, 0.1) is 0 Å². The minimum Gasteiger partial charge on any atom is -0.487 e. The number of rotatable bonds is 7. The summed E-state index contributed by atoms with van der Waals surface area (Å²) < 4.78 is 5.98. The lowest BCUT2D eigenvalue weighted by molar-refractivity contribution is 0.102. The molecule has 6 heterocycles. The third-order valence-corrected chi connectivity index (χ3v) is 7.89. The zero-order valence-electron chi connectivity index (χ0n) is 21.4. The number of pyridine rings is 3. The van der Waals surface area contributed by atoms with Crippen LogP contribution in [0.4, 0.5) is 0 Å². The molecule has 0 fully saturated rings. The van der Waals surface area contributed by atoms with Gasteiger partial charge in [0.1, 0.15) is 18.1 Å². The Bertz CT molecular complexity index is 2010. The van der Waals surface area contributed by atoms with Gasteiger partial charge >= 0.3 is 0 Å². The molecule has 0 unspecified atom stereocenters. The van der Waals surface area contributed by atoms with Gasteiger partial charge in [0.25, 0.3) is 0 Å². The molecule has 194 valence electrons. The van der Waals surface area contributed by atoms with E-state index in [-0.39, 0.29) is 5.78 Å². The largest absolute Gasteiger partial charge is 0.487 e. The highest BCUT2D eigenvalue weighted by atomic mass is 32.1. The van der Waals surface area contributed by atoms with E-state index in [1.807, 2.05) is 60.7 Å². The SMILES string of the molecule is CC(=O)c1ccc(-c2nccc3[nH]c(-c4n[nH]c5cnc(-c6cncc(OCc7ccccc7)c6)cc45)cc23)s1. The summed E-state index contributed by atoms with van der Waals surface area (Å²) in [5.41, 5.74) is 6.93. The van der Waals surface area contributed by atoms with Crippen LogP contribution in [0.15, 0.2) is 91.5 Å². The van der Waals surface area contributed by atoms with Gasteiger partial charge in [0.2, 0.25) is 0 Å². The molecule has 2 N–H and O–H groups in total. The lowest BCUT2D eigenvalue weighted by atomic mass is 10.1. The van der Waals surface area contributed by atoms with Gasteiger partial charge in [-0.05, 0) is 48.9 Å². The maximum atomic E-state index is 11.8. The zero-order valence-corrected chi connectivity index (χ0v) is 22.2. The van der Waals surface area contributed by atoms with Crippen molar-refractivity contribution in [3.8, 4) is 39.0 Å². The first-order valence-electron chi connectivity index (χ1n) is 12.7. The topological polar surface area (TPSA) is 109 Å². The minimum absolute atomic E-state index is 0.0501. The van der Waals surface area contributed by atoms with Gasteiger partial charge in [-0.1, -0.05) is 30.3 Å². The summed E-state index contributed by atoms with van der Waals surface area (Å²) in [6.07, 6.45) is 7.04. The molecule has 0 aliphatic carbocycles. The fourth-order valence-corrected chi connectivity index (χ4v) is 5.60. The molecule has 6 aromatic heterocycles. The van der Waals surface area contributed by atoms with Crippen molar-refractivity contribution in [1.29, 1.82) is 0 Å². The van der Waals surface area contributed by atoms with Crippen LogP contribution in [0.25, 0.3) is 55.0 Å². The number of H-pyrrole nitrogens is 2. The van der Waals surface area contributed by atoms with Crippen molar-refractivity contribution < 1.29 is 9.53 Å². The summed E-state index contributed by atoms with van der Waals surface area (Å²) in [6.45, 7) is 2.04. The van der Waals surface area contributed by atoms with Crippen LogP contribution in [-0.4, -0.2) is 35.9 Å². The minimum atomic E-state index is 0.0501. The Labute approximate surface area is 232 Å². The number of nitrogens with zero attached hydrogens (tertiary/aromatic N) is 4. The van der Waals surface area contributed by atoms with E-state index >= 15 is 0 Å². The molecule has 7 aromatic rings. The number of hydrogen-bond donors (Lipinski definition) is 2. The number of aromatic nitrogens is 6. The maximum absolute atomic E-state index is 11.8. The van der Waals surface area contributed by atoms with E-state index in [4.69, 9.17) is 4.74 Å². The van der Waals surface area contributed by atoms with Crippen molar-refractivity contribution in [1.82, 2.24) is 30.1 Å². The number of thiophene rings is 1. The van der Waals surface area contributed by atoms with Gasteiger partial charge in [-0.3, -0.25) is 24.8 Å². The second-order valence-corrected chi connectivity index (χ2v) is 10.5. The van der Waals surface area contributed by atoms with Crippen molar-refractivity contribution >= 4 is 38.9 Å². The predicted octanol–water partition coefficient (Wildman–Crippen LogP) is 7.07. The highest BCUT2D eigenvalue weighted by molar-refractivity contribution is 7.17. The normalized spacial score (nSPS) is 11.3. The van der Waals surface area contributed by atoms with Gasteiger partial charge in [0.15, 0.2) is 5.78 Å². The van der Waals surface area contributed by atoms with E-state index in [9.17, 15) is 4.79 Å². The summed E-state index contributed by atoms with van der Waals surface area (Å²) >= 11 is 1.45. The second-order valence-electron chi connectivity index (χ2n) is 9.39. The Morgan fingerprint density at radius 3 is 2.62 bits per heavy atom. The van der Waals surface area contributed by atoms with E-state index in [0.29, 0.717) is 17.2 Å². The average molecular weight is 543 g/mol. The molecule has 0 aliphatic rings. The Balaban J connectivity index is 1.23. The molecule has 0 amide bonds. The van der Waals surface area contributed by atoms with Crippen LogP contribution < -0.4 is 4.74 Å². The molecule has 40 heavy (non-hydrogen) atoms.